The Morgan fingerprint density at radius 2 is 1.76 bits per heavy atom. The van der Waals surface area contributed by atoms with Gasteiger partial charge in [0.2, 0.25) is 0 Å². The lowest BCUT2D eigenvalue weighted by Crippen LogP contribution is -2.37. The van der Waals surface area contributed by atoms with Crippen molar-refractivity contribution >= 4 is 16.7 Å². The van der Waals surface area contributed by atoms with Crippen molar-refractivity contribution < 1.29 is 40.6 Å². The van der Waals surface area contributed by atoms with Crippen LogP contribution in [-0.4, -0.2) is 35.8 Å². The molecule has 0 spiro atoms. The smallest absolute Gasteiger partial charge is 0.403 e. The molecule has 0 radical (unpaired) electrons. The summed E-state index contributed by atoms with van der Waals surface area (Å²) in [5.41, 5.74) is -0.414. The number of H-pyrrole nitrogens is 1. The van der Waals surface area contributed by atoms with Crippen molar-refractivity contribution in [2.24, 2.45) is 0 Å². The minimum absolute atomic E-state index is 0.0594. The number of benzene rings is 2. The SMILES string of the molecule is CN(C(=O)c1ccc(OC(F)(F)F)c(F)c1)[C@H]1COCc2[nH]c(=O)c3cc(F)c(F)cc3c21. The van der Waals surface area contributed by atoms with Gasteiger partial charge in [0, 0.05) is 23.9 Å². The second-order valence-corrected chi connectivity index (χ2v) is 7.30. The molecule has 3 aromatic rings. The highest BCUT2D eigenvalue weighted by Crippen LogP contribution is 2.34. The highest BCUT2D eigenvalue weighted by Gasteiger charge is 2.34. The molecule has 6 nitrogen and oxygen atoms in total. The van der Waals surface area contributed by atoms with Crippen molar-refractivity contribution in [1.82, 2.24) is 9.88 Å². The maximum absolute atomic E-state index is 14.1. The molecule has 4 rings (SSSR count). The first kappa shape index (κ1) is 22.6. The van der Waals surface area contributed by atoms with E-state index in [1.807, 2.05) is 0 Å². The summed E-state index contributed by atoms with van der Waals surface area (Å²) in [5.74, 6) is -5.72. The zero-order valence-corrected chi connectivity index (χ0v) is 16.7. The fourth-order valence-corrected chi connectivity index (χ4v) is 3.73. The van der Waals surface area contributed by atoms with Crippen molar-refractivity contribution in [1.29, 1.82) is 0 Å². The molecule has 0 fully saturated rings. The van der Waals surface area contributed by atoms with E-state index in [-0.39, 0.29) is 35.2 Å². The highest BCUT2D eigenvalue weighted by molar-refractivity contribution is 5.95. The highest BCUT2D eigenvalue weighted by atomic mass is 19.4. The van der Waals surface area contributed by atoms with Crippen LogP contribution in [0.5, 0.6) is 5.75 Å². The number of aromatic amines is 1. The minimum Gasteiger partial charge on any atom is -0.403 e. The molecule has 1 aliphatic heterocycles. The number of pyridine rings is 1. The number of nitrogens with one attached hydrogen (secondary N) is 1. The van der Waals surface area contributed by atoms with Crippen LogP contribution in [0.3, 0.4) is 0 Å². The van der Waals surface area contributed by atoms with Gasteiger partial charge < -0.3 is 19.4 Å². The molecular weight excluding hydrogens is 458 g/mol. The number of aromatic nitrogens is 1. The molecule has 1 aliphatic rings. The summed E-state index contributed by atoms with van der Waals surface area (Å²) in [7, 11) is 1.32. The predicted octanol–water partition coefficient (Wildman–Crippen LogP) is 4.19. The first-order chi connectivity index (χ1) is 15.5. The molecule has 1 aromatic heterocycles. The maximum Gasteiger partial charge on any atom is 0.573 e. The lowest BCUT2D eigenvalue weighted by Gasteiger charge is -2.34. The fraction of sp³-hybridized carbons (Fsp3) is 0.238. The predicted molar refractivity (Wildman–Crippen MR) is 102 cm³/mol. The molecule has 174 valence electrons. The average Bonchev–Trinajstić information content (AvgIpc) is 2.74. The average molecular weight is 472 g/mol. The Morgan fingerprint density at radius 1 is 1.09 bits per heavy atom. The van der Waals surface area contributed by atoms with Crippen LogP contribution in [0.4, 0.5) is 26.3 Å². The molecule has 1 atom stereocenters. The number of amides is 1. The second kappa shape index (κ2) is 8.10. The van der Waals surface area contributed by atoms with Crippen LogP contribution in [0, 0.1) is 17.5 Å². The largest absolute Gasteiger partial charge is 0.573 e. The van der Waals surface area contributed by atoms with Crippen molar-refractivity contribution in [2.45, 2.75) is 19.0 Å². The van der Waals surface area contributed by atoms with E-state index in [0.29, 0.717) is 17.7 Å². The first-order valence-corrected chi connectivity index (χ1v) is 9.40. The van der Waals surface area contributed by atoms with E-state index >= 15 is 0 Å². The number of carbonyl (C=O) groups excluding carboxylic acids is 1. The molecule has 0 saturated carbocycles. The number of likely N-dealkylation sites (N-methyl/N-ethyl adjacent to an activating group) is 1. The Labute approximate surface area is 181 Å². The van der Waals surface area contributed by atoms with Crippen LogP contribution in [0.1, 0.15) is 27.7 Å². The molecule has 0 aliphatic carbocycles. The summed E-state index contributed by atoms with van der Waals surface area (Å²) < 4.78 is 87.8. The molecule has 12 heteroatoms. The first-order valence-electron chi connectivity index (χ1n) is 9.40. The molecule has 33 heavy (non-hydrogen) atoms. The summed E-state index contributed by atoms with van der Waals surface area (Å²) in [6.45, 7) is -0.150. The zero-order valence-electron chi connectivity index (χ0n) is 16.7. The van der Waals surface area contributed by atoms with Crippen molar-refractivity contribution in [2.75, 3.05) is 13.7 Å². The number of carbonyl (C=O) groups is 1. The standard InChI is InChI=1S/C21H14F6N2O4/c1-29(20(31)9-2-3-17(14(24)4-9)33-21(25,26)27)16-8-32-7-15-18(16)10-5-12(22)13(23)6-11(10)19(30)28-15/h2-6,16H,7-8H2,1H3,(H,28,30)/t16-/m0/s1. The van der Waals surface area contributed by atoms with E-state index in [2.05, 4.69) is 9.72 Å². The number of nitrogens with zero attached hydrogens (tertiary/aromatic N) is 1. The van der Waals surface area contributed by atoms with Crippen molar-refractivity contribution in [3.8, 4) is 5.75 Å². The quantitative estimate of drug-likeness (QED) is 0.581. The third kappa shape index (κ3) is 4.25. The molecule has 1 amide bonds. The van der Waals surface area contributed by atoms with E-state index < -0.39 is 47.1 Å². The van der Waals surface area contributed by atoms with Gasteiger partial charge in [-0.3, -0.25) is 9.59 Å². The van der Waals surface area contributed by atoms with E-state index in [9.17, 15) is 35.9 Å². The van der Waals surface area contributed by atoms with Gasteiger partial charge in [0.1, 0.15) is 0 Å². The van der Waals surface area contributed by atoms with Gasteiger partial charge in [-0.2, -0.15) is 0 Å². The van der Waals surface area contributed by atoms with Gasteiger partial charge in [0.25, 0.3) is 11.5 Å². The van der Waals surface area contributed by atoms with Gasteiger partial charge in [-0.05, 0) is 35.7 Å². The summed E-state index contributed by atoms with van der Waals surface area (Å²) in [4.78, 5) is 28.9. The van der Waals surface area contributed by atoms with E-state index in [1.165, 1.54) is 7.05 Å². The third-order valence-electron chi connectivity index (χ3n) is 5.23. The number of rotatable bonds is 3. The fourth-order valence-electron chi connectivity index (χ4n) is 3.73. The van der Waals surface area contributed by atoms with Crippen molar-refractivity contribution in [3.63, 3.8) is 0 Å². The molecule has 0 bridgehead atoms. The Balaban J connectivity index is 1.74. The van der Waals surface area contributed by atoms with Gasteiger partial charge in [-0.25, -0.2) is 13.2 Å². The molecular formula is C21H14F6N2O4. The lowest BCUT2D eigenvalue weighted by molar-refractivity contribution is -0.275. The van der Waals surface area contributed by atoms with Crippen LogP contribution in [0.2, 0.25) is 0 Å². The Morgan fingerprint density at radius 3 is 2.39 bits per heavy atom. The molecule has 2 aromatic carbocycles. The molecule has 0 saturated heterocycles. The summed E-state index contributed by atoms with van der Waals surface area (Å²) in [5, 5.41) is -0.0687. The molecule has 1 N–H and O–H groups in total. The summed E-state index contributed by atoms with van der Waals surface area (Å²) in [6.07, 6.45) is -5.11. The number of hydrogen-bond acceptors (Lipinski definition) is 4. The van der Waals surface area contributed by atoms with Crippen LogP contribution in [-0.2, 0) is 11.3 Å². The van der Waals surface area contributed by atoms with Gasteiger partial charge >= 0.3 is 6.36 Å². The zero-order chi connectivity index (χ0) is 24.1. The molecule has 2 heterocycles. The maximum atomic E-state index is 14.1. The van der Waals surface area contributed by atoms with Gasteiger partial charge in [0.05, 0.1) is 24.6 Å². The van der Waals surface area contributed by atoms with E-state index in [1.54, 1.807) is 0 Å². The Bertz CT molecular complexity index is 1320. The van der Waals surface area contributed by atoms with Crippen LogP contribution >= 0.6 is 0 Å². The van der Waals surface area contributed by atoms with E-state index in [4.69, 9.17) is 4.74 Å². The van der Waals surface area contributed by atoms with Gasteiger partial charge in [-0.1, -0.05) is 0 Å². The normalized spacial score (nSPS) is 15.9. The topological polar surface area (TPSA) is 71.6 Å². The Kier molecular flexibility index (Phi) is 5.56. The van der Waals surface area contributed by atoms with Crippen LogP contribution < -0.4 is 10.3 Å². The van der Waals surface area contributed by atoms with Crippen molar-refractivity contribution in [3.05, 3.63) is 75.0 Å². The van der Waals surface area contributed by atoms with E-state index in [0.717, 1.165) is 23.1 Å². The number of halogens is 6. The van der Waals surface area contributed by atoms with Gasteiger partial charge in [-0.15, -0.1) is 13.2 Å². The van der Waals surface area contributed by atoms with Crippen LogP contribution in [0.15, 0.2) is 35.1 Å². The summed E-state index contributed by atoms with van der Waals surface area (Å²) in [6, 6.07) is 2.89. The lowest BCUT2D eigenvalue weighted by atomic mass is 9.95. The summed E-state index contributed by atoms with van der Waals surface area (Å²) >= 11 is 0. The monoisotopic (exact) mass is 472 g/mol. The number of ether oxygens (including phenoxy) is 2. The number of fused-ring (bicyclic) bond motifs is 3. The molecule has 0 unspecified atom stereocenters. The third-order valence-corrected chi connectivity index (χ3v) is 5.23. The van der Waals surface area contributed by atoms with Crippen LogP contribution in [0.25, 0.3) is 10.8 Å². The number of alkyl halides is 3. The second-order valence-electron chi connectivity index (χ2n) is 7.30. The Hall–Kier alpha value is -3.54. The van der Waals surface area contributed by atoms with Gasteiger partial charge in [0.15, 0.2) is 23.2 Å². The minimum atomic E-state index is -5.11. The number of hydrogen-bond donors (Lipinski definition) is 1.